The van der Waals surface area contributed by atoms with Crippen LogP contribution in [0.3, 0.4) is 0 Å². The number of hydrogen-bond donors (Lipinski definition) is 0. The highest BCUT2D eigenvalue weighted by atomic mass is 19.2. The van der Waals surface area contributed by atoms with Crippen LogP contribution in [-0.2, 0) is 47.4 Å². The molecule has 0 N–H and O–H groups in total. The molecule has 1 rings (SSSR count). The van der Waals surface area contributed by atoms with Gasteiger partial charge in [-0.3, -0.25) is 9.69 Å². The zero-order valence-electron chi connectivity index (χ0n) is 29.6. The second-order valence-corrected chi connectivity index (χ2v) is 10.4. The van der Waals surface area contributed by atoms with Gasteiger partial charge in [-0.1, -0.05) is 12.0 Å². The van der Waals surface area contributed by atoms with Crippen LogP contribution in [-0.4, -0.2) is 156 Å². The Bertz CT molecular complexity index is 1100. The lowest BCUT2D eigenvalue weighted by molar-refractivity contribution is -0.136. The maximum absolute atomic E-state index is 13.6. The van der Waals surface area contributed by atoms with Gasteiger partial charge in [0.05, 0.1) is 119 Å². The Balaban J connectivity index is 2.18. The standard InChI is InChI=1S/C32H51F5N4O11/c1-2-8-43-14-20-49-23-17-46-11-5-41(7-13-48-19-25-51-22-16-45-10-4-39-40-38)6-12-47-18-24-50-21-15-44-9-3-26(42)52-32-30(36)28(34)27(33)29(35)31(32)37/h2-25H2,1H3. The second kappa shape index (κ2) is 32.9. The molecule has 20 heteroatoms. The van der Waals surface area contributed by atoms with E-state index in [1.54, 1.807) is 0 Å². The van der Waals surface area contributed by atoms with Gasteiger partial charge in [0.2, 0.25) is 34.8 Å². The largest absolute Gasteiger partial charge is 0.420 e. The van der Waals surface area contributed by atoms with Crippen LogP contribution in [0.15, 0.2) is 5.11 Å². The molecule has 0 bridgehead atoms. The number of esters is 1. The first kappa shape index (κ1) is 47.3. The van der Waals surface area contributed by atoms with Crippen molar-refractivity contribution in [2.45, 2.75) is 19.8 Å². The summed E-state index contributed by atoms with van der Waals surface area (Å²) in [6.45, 7) is 10.9. The summed E-state index contributed by atoms with van der Waals surface area (Å²) >= 11 is 0. The van der Waals surface area contributed by atoms with Crippen molar-refractivity contribution < 1.29 is 74.1 Å². The number of ether oxygens (including phenoxy) is 10. The predicted molar refractivity (Wildman–Crippen MR) is 175 cm³/mol. The number of rotatable bonds is 36. The SMILES string of the molecule is CCCOCCOCCOCCN(CCOCCOCCOCCN=[N+]=[N-])CCOCCOCCOCCC(=O)Oc1c(F)c(F)c(F)c(F)c1F. The van der Waals surface area contributed by atoms with Crippen LogP contribution in [0.2, 0.25) is 0 Å². The van der Waals surface area contributed by atoms with E-state index in [2.05, 4.69) is 19.7 Å². The quantitative estimate of drug-likeness (QED) is 0.0112. The van der Waals surface area contributed by atoms with E-state index < -0.39 is 47.2 Å². The molecule has 15 nitrogen and oxygen atoms in total. The molecule has 0 unspecified atom stereocenters. The maximum Gasteiger partial charge on any atom is 0.313 e. The van der Waals surface area contributed by atoms with Gasteiger partial charge in [-0.2, -0.15) is 8.78 Å². The fourth-order valence-electron chi connectivity index (χ4n) is 3.83. The van der Waals surface area contributed by atoms with Crippen molar-refractivity contribution in [2.24, 2.45) is 5.11 Å². The monoisotopic (exact) mass is 762 g/mol. The lowest BCUT2D eigenvalue weighted by atomic mass is 10.2. The summed E-state index contributed by atoms with van der Waals surface area (Å²) in [7, 11) is 0. The summed E-state index contributed by atoms with van der Waals surface area (Å²) in [6.07, 6.45) is 0.468. The molecule has 1 aromatic carbocycles. The van der Waals surface area contributed by atoms with Crippen LogP contribution in [0.1, 0.15) is 19.8 Å². The predicted octanol–water partition coefficient (Wildman–Crippen LogP) is 3.85. The maximum atomic E-state index is 13.6. The van der Waals surface area contributed by atoms with Crippen LogP contribution < -0.4 is 4.74 Å². The molecule has 0 heterocycles. The minimum Gasteiger partial charge on any atom is -0.420 e. The molecular weight excluding hydrogens is 711 g/mol. The van der Waals surface area contributed by atoms with E-state index in [4.69, 9.17) is 48.2 Å². The summed E-state index contributed by atoms with van der Waals surface area (Å²) in [5.41, 5.74) is 8.22. The highest BCUT2D eigenvalue weighted by molar-refractivity contribution is 5.72. The highest BCUT2D eigenvalue weighted by Gasteiger charge is 2.28. The first-order valence-corrected chi connectivity index (χ1v) is 17.0. The molecule has 0 atom stereocenters. The van der Waals surface area contributed by atoms with Gasteiger partial charge in [-0.25, -0.2) is 13.2 Å². The lowest BCUT2D eigenvalue weighted by Crippen LogP contribution is -2.34. The van der Waals surface area contributed by atoms with Crippen LogP contribution >= 0.6 is 0 Å². The number of nitrogens with zero attached hydrogens (tertiary/aromatic N) is 4. The summed E-state index contributed by atoms with van der Waals surface area (Å²) in [4.78, 5) is 16.5. The highest BCUT2D eigenvalue weighted by Crippen LogP contribution is 2.29. The molecule has 0 saturated heterocycles. The minimum absolute atomic E-state index is 0.0684. The third kappa shape index (κ3) is 23.7. The molecule has 0 aliphatic heterocycles. The van der Waals surface area contributed by atoms with E-state index in [-0.39, 0.29) is 33.0 Å². The Kier molecular flexibility index (Phi) is 29.9. The summed E-state index contributed by atoms with van der Waals surface area (Å²) in [6, 6.07) is 0. The van der Waals surface area contributed by atoms with Crippen LogP contribution in [0.5, 0.6) is 5.75 Å². The fraction of sp³-hybridized carbons (Fsp3) is 0.781. The Morgan fingerprint density at radius 2 is 0.885 bits per heavy atom. The molecule has 0 amide bonds. The van der Waals surface area contributed by atoms with Crippen LogP contribution in [0, 0.1) is 29.1 Å². The molecular formula is C32H51F5N4O11. The third-order valence-electron chi connectivity index (χ3n) is 6.47. The molecule has 0 aliphatic carbocycles. The van der Waals surface area contributed by atoms with Crippen LogP contribution in [0.25, 0.3) is 10.4 Å². The lowest BCUT2D eigenvalue weighted by Gasteiger charge is -2.22. The van der Waals surface area contributed by atoms with Crippen molar-refractivity contribution in [3.05, 3.63) is 39.5 Å². The minimum atomic E-state index is -2.35. The van der Waals surface area contributed by atoms with Gasteiger partial charge in [0.1, 0.15) is 0 Å². The molecule has 0 spiro atoms. The van der Waals surface area contributed by atoms with E-state index in [9.17, 15) is 26.7 Å². The zero-order valence-corrected chi connectivity index (χ0v) is 29.6. The van der Waals surface area contributed by atoms with Crippen molar-refractivity contribution in [1.82, 2.24) is 4.90 Å². The third-order valence-corrected chi connectivity index (χ3v) is 6.47. The molecule has 0 aromatic heterocycles. The normalized spacial score (nSPS) is 11.4. The number of hydrogen-bond acceptors (Lipinski definition) is 13. The summed E-state index contributed by atoms with van der Waals surface area (Å²) in [5.74, 6) is -14.2. The molecule has 52 heavy (non-hydrogen) atoms. The van der Waals surface area contributed by atoms with Gasteiger partial charge in [0.25, 0.3) is 0 Å². The van der Waals surface area contributed by atoms with E-state index in [0.29, 0.717) is 112 Å². The van der Waals surface area contributed by atoms with Crippen molar-refractivity contribution in [3.63, 3.8) is 0 Å². The van der Waals surface area contributed by atoms with Gasteiger partial charge in [-0.15, -0.1) is 0 Å². The average molecular weight is 763 g/mol. The molecule has 300 valence electrons. The number of benzene rings is 1. The van der Waals surface area contributed by atoms with Crippen molar-refractivity contribution >= 4 is 5.97 Å². The zero-order chi connectivity index (χ0) is 38.1. The van der Waals surface area contributed by atoms with Crippen molar-refractivity contribution in [2.75, 3.05) is 145 Å². The van der Waals surface area contributed by atoms with Gasteiger partial charge in [-0.05, 0) is 12.0 Å². The molecule has 0 aliphatic rings. The molecule has 1 aromatic rings. The van der Waals surface area contributed by atoms with Gasteiger partial charge < -0.3 is 47.4 Å². The van der Waals surface area contributed by atoms with Gasteiger partial charge in [0.15, 0.2) is 0 Å². The fourth-order valence-corrected chi connectivity index (χ4v) is 3.83. The summed E-state index contributed by atoms with van der Waals surface area (Å²) < 4.78 is 120. The van der Waals surface area contributed by atoms with E-state index in [1.165, 1.54) is 0 Å². The van der Waals surface area contributed by atoms with E-state index in [1.807, 2.05) is 6.92 Å². The van der Waals surface area contributed by atoms with Crippen molar-refractivity contribution in [1.29, 1.82) is 0 Å². The van der Waals surface area contributed by atoms with Crippen molar-refractivity contribution in [3.8, 4) is 5.75 Å². The molecule has 0 fully saturated rings. The van der Waals surface area contributed by atoms with E-state index >= 15 is 0 Å². The Hall–Kier alpha value is -2.75. The van der Waals surface area contributed by atoms with E-state index in [0.717, 1.165) is 6.42 Å². The first-order chi connectivity index (χ1) is 25.3. The smallest absolute Gasteiger partial charge is 0.313 e. The number of halogens is 5. The summed E-state index contributed by atoms with van der Waals surface area (Å²) in [5, 5.41) is 3.38. The Morgan fingerprint density at radius 3 is 1.29 bits per heavy atom. The molecule has 0 saturated carbocycles. The number of carbonyl (C=O) groups excluding carboxylic acids is 1. The molecule has 0 radical (unpaired) electrons. The van der Waals surface area contributed by atoms with Crippen LogP contribution in [0.4, 0.5) is 22.0 Å². The number of azide groups is 1. The van der Waals surface area contributed by atoms with Gasteiger partial charge in [0, 0.05) is 37.7 Å². The average Bonchev–Trinajstić information content (AvgIpc) is 3.14. The Morgan fingerprint density at radius 1 is 0.538 bits per heavy atom. The first-order valence-electron chi connectivity index (χ1n) is 17.0. The second-order valence-electron chi connectivity index (χ2n) is 10.4. The van der Waals surface area contributed by atoms with Gasteiger partial charge >= 0.3 is 5.97 Å². The Labute approximate surface area is 300 Å². The number of carbonyl (C=O) groups is 1. The topological polar surface area (TPSA) is 161 Å².